The Balaban J connectivity index is 1.94. The van der Waals surface area contributed by atoms with Gasteiger partial charge < -0.3 is 15.5 Å². The van der Waals surface area contributed by atoms with E-state index in [-0.39, 0.29) is 11.9 Å². The number of rotatable bonds is 6. The van der Waals surface area contributed by atoms with Crippen LogP contribution in [-0.2, 0) is 18.4 Å². The molecule has 0 unspecified atom stereocenters. The van der Waals surface area contributed by atoms with E-state index in [1.165, 1.54) is 5.56 Å². The van der Waals surface area contributed by atoms with E-state index in [1.54, 1.807) is 0 Å². The van der Waals surface area contributed by atoms with E-state index in [2.05, 4.69) is 39.4 Å². The maximum atomic E-state index is 12.0. The van der Waals surface area contributed by atoms with Crippen molar-refractivity contribution in [2.24, 2.45) is 12.0 Å². The van der Waals surface area contributed by atoms with Crippen LogP contribution in [0.15, 0.2) is 4.99 Å². The maximum absolute atomic E-state index is 12.0. The molecular weight excluding hydrogens is 342 g/mol. The highest BCUT2D eigenvalue weighted by Gasteiger charge is 2.21. The molecule has 0 atom stereocenters. The van der Waals surface area contributed by atoms with Crippen LogP contribution in [0.2, 0.25) is 0 Å². The lowest BCUT2D eigenvalue weighted by Gasteiger charge is -2.36. The van der Waals surface area contributed by atoms with E-state index in [9.17, 15) is 4.79 Å². The molecule has 152 valence electrons. The van der Waals surface area contributed by atoms with Crippen LogP contribution in [0.3, 0.4) is 0 Å². The summed E-state index contributed by atoms with van der Waals surface area (Å²) in [6, 6.07) is 0.186. The number of guanidine groups is 1. The molecule has 1 amide bonds. The van der Waals surface area contributed by atoms with Gasteiger partial charge in [0.2, 0.25) is 5.91 Å². The van der Waals surface area contributed by atoms with Crippen LogP contribution >= 0.6 is 0 Å². The number of aliphatic imine (C=N–C) groups is 1. The Bertz CT molecular complexity index is 657. The van der Waals surface area contributed by atoms with Crippen molar-refractivity contribution in [2.75, 3.05) is 39.3 Å². The molecule has 0 saturated carbocycles. The first-order chi connectivity index (χ1) is 12.8. The zero-order chi connectivity index (χ0) is 20.0. The normalized spacial score (nSPS) is 16.1. The van der Waals surface area contributed by atoms with E-state index in [4.69, 9.17) is 4.99 Å². The Morgan fingerprint density at radius 2 is 1.89 bits per heavy atom. The number of nitrogens with zero attached hydrogens (tertiary/aromatic N) is 5. The van der Waals surface area contributed by atoms with Crippen LogP contribution in [0.1, 0.15) is 37.7 Å². The van der Waals surface area contributed by atoms with Gasteiger partial charge in [0.15, 0.2) is 5.96 Å². The number of aromatic nitrogens is 2. The predicted molar refractivity (Wildman–Crippen MR) is 109 cm³/mol. The third kappa shape index (κ3) is 5.95. The van der Waals surface area contributed by atoms with Gasteiger partial charge in [-0.05, 0) is 34.6 Å². The van der Waals surface area contributed by atoms with E-state index >= 15 is 0 Å². The summed E-state index contributed by atoms with van der Waals surface area (Å²) in [5.74, 6) is 1.04. The fourth-order valence-corrected chi connectivity index (χ4v) is 3.31. The molecular formula is C19H35N7O. The predicted octanol–water partition coefficient (Wildman–Crippen LogP) is 0.645. The van der Waals surface area contributed by atoms with Crippen LogP contribution in [-0.4, -0.2) is 76.8 Å². The number of carbonyl (C=O) groups is 1. The second-order valence-corrected chi connectivity index (χ2v) is 7.43. The summed E-state index contributed by atoms with van der Waals surface area (Å²) in [4.78, 5) is 21.3. The number of carbonyl (C=O) groups excluding carboxylic acids is 1. The molecule has 2 N–H and O–H groups in total. The van der Waals surface area contributed by atoms with Crippen molar-refractivity contribution in [2.45, 2.75) is 47.2 Å². The summed E-state index contributed by atoms with van der Waals surface area (Å²) in [7, 11) is 1.97. The first-order valence-corrected chi connectivity index (χ1v) is 9.85. The fraction of sp³-hybridized carbons (Fsp3) is 0.737. The highest BCUT2D eigenvalue weighted by Crippen LogP contribution is 2.13. The number of hydrogen-bond acceptors (Lipinski definition) is 4. The highest BCUT2D eigenvalue weighted by molar-refractivity contribution is 5.80. The molecule has 0 radical (unpaired) electrons. The largest absolute Gasteiger partial charge is 0.357 e. The van der Waals surface area contributed by atoms with Gasteiger partial charge in [0.05, 0.1) is 18.8 Å². The van der Waals surface area contributed by atoms with E-state index in [0.29, 0.717) is 13.1 Å². The van der Waals surface area contributed by atoms with Crippen LogP contribution in [0.5, 0.6) is 0 Å². The highest BCUT2D eigenvalue weighted by atomic mass is 16.2. The van der Waals surface area contributed by atoms with Gasteiger partial charge in [0, 0.05) is 57.1 Å². The SMILES string of the molecule is CCNC(=NCc1c(C)nn(C)c1C)N1CCN(CC(=O)NC(C)C)CC1. The van der Waals surface area contributed by atoms with Crippen LogP contribution < -0.4 is 10.6 Å². The lowest BCUT2D eigenvalue weighted by atomic mass is 10.2. The molecule has 1 saturated heterocycles. The molecule has 1 aromatic rings. The molecule has 8 nitrogen and oxygen atoms in total. The number of hydrogen-bond donors (Lipinski definition) is 2. The maximum Gasteiger partial charge on any atom is 0.234 e. The molecule has 0 aromatic carbocycles. The van der Waals surface area contributed by atoms with Crippen LogP contribution in [0.4, 0.5) is 0 Å². The summed E-state index contributed by atoms with van der Waals surface area (Å²) in [6.45, 7) is 15.6. The summed E-state index contributed by atoms with van der Waals surface area (Å²) >= 11 is 0. The standard InChI is InChI=1S/C19H35N7O/c1-7-20-19(21-12-17-15(4)23-24(6)16(17)5)26-10-8-25(9-11-26)13-18(27)22-14(2)3/h14H,7-13H2,1-6H3,(H,20,21)(H,22,27). The molecule has 27 heavy (non-hydrogen) atoms. The Morgan fingerprint density at radius 3 is 2.41 bits per heavy atom. The summed E-state index contributed by atoms with van der Waals surface area (Å²) in [5, 5.41) is 10.8. The van der Waals surface area contributed by atoms with Gasteiger partial charge in [-0.3, -0.25) is 14.4 Å². The van der Waals surface area contributed by atoms with E-state index in [0.717, 1.165) is 50.1 Å². The molecule has 8 heteroatoms. The van der Waals surface area contributed by atoms with Crippen molar-refractivity contribution in [3.8, 4) is 0 Å². The molecule has 0 bridgehead atoms. The summed E-state index contributed by atoms with van der Waals surface area (Å²) in [6.07, 6.45) is 0. The van der Waals surface area contributed by atoms with Gasteiger partial charge in [0.1, 0.15) is 0 Å². The first-order valence-electron chi connectivity index (χ1n) is 9.85. The van der Waals surface area contributed by atoms with Gasteiger partial charge in [-0.1, -0.05) is 0 Å². The Hall–Kier alpha value is -2.09. The first kappa shape index (κ1) is 21.2. The van der Waals surface area contributed by atoms with Crippen LogP contribution in [0, 0.1) is 13.8 Å². The lowest BCUT2D eigenvalue weighted by Crippen LogP contribution is -2.54. The van der Waals surface area contributed by atoms with Gasteiger partial charge >= 0.3 is 0 Å². The van der Waals surface area contributed by atoms with Crippen molar-refractivity contribution in [3.05, 3.63) is 17.0 Å². The summed E-state index contributed by atoms with van der Waals surface area (Å²) in [5.41, 5.74) is 3.39. The van der Waals surface area contributed by atoms with Gasteiger partial charge in [-0.2, -0.15) is 5.10 Å². The van der Waals surface area contributed by atoms with Crippen molar-refractivity contribution in [1.82, 2.24) is 30.2 Å². The smallest absolute Gasteiger partial charge is 0.234 e. The quantitative estimate of drug-likeness (QED) is 0.562. The van der Waals surface area contributed by atoms with Gasteiger partial charge in [0.25, 0.3) is 0 Å². The Labute approximate surface area is 163 Å². The minimum Gasteiger partial charge on any atom is -0.357 e. The fourth-order valence-electron chi connectivity index (χ4n) is 3.31. The van der Waals surface area contributed by atoms with E-state index in [1.807, 2.05) is 32.5 Å². The molecule has 2 rings (SSSR count). The third-order valence-electron chi connectivity index (χ3n) is 4.87. The number of piperazine rings is 1. The van der Waals surface area contributed by atoms with Gasteiger partial charge in [-0.25, -0.2) is 4.99 Å². The van der Waals surface area contributed by atoms with Crippen molar-refractivity contribution in [1.29, 1.82) is 0 Å². The molecule has 1 aliphatic heterocycles. The Kier molecular flexibility index (Phi) is 7.65. The second kappa shape index (κ2) is 9.73. The minimum absolute atomic E-state index is 0.0987. The molecule has 0 spiro atoms. The molecule has 2 heterocycles. The van der Waals surface area contributed by atoms with Crippen molar-refractivity contribution >= 4 is 11.9 Å². The average molecular weight is 378 g/mol. The van der Waals surface area contributed by atoms with Gasteiger partial charge in [-0.15, -0.1) is 0 Å². The van der Waals surface area contributed by atoms with E-state index < -0.39 is 0 Å². The molecule has 0 aliphatic carbocycles. The minimum atomic E-state index is 0.0987. The number of nitrogens with one attached hydrogen (secondary N) is 2. The zero-order valence-corrected chi connectivity index (χ0v) is 17.7. The molecule has 1 fully saturated rings. The monoisotopic (exact) mass is 377 g/mol. The van der Waals surface area contributed by atoms with Crippen LogP contribution in [0.25, 0.3) is 0 Å². The number of amides is 1. The lowest BCUT2D eigenvalue weighted by molar-refractivity contribution is -0.123. The Morgan fingerprint density at radius 1 is 1.22 bits per heavy atom. The number of aryl methyl sites for hydroxylation is 2. The molecule has 1 aromatic heterocycles. The summed E-state index contributed by atoms with van der Waals surface area (Å²) < 4.78 is 1.91. The average Bonchev–Trinajstić information content (AvgIpc) is 2.84. The van der Waals surface area contributed by atoms with Crippen molar-refractivity contribution < 1.29 is 4.79 Å². The van der Waals surface area contributed by atoms with Crippen molar-refractivity contribution in [3.63, 3.8) is 0 Å². The zero-order valence-electron chi connectivity index (χ0n) is 17.7. The third-order valence-corrected chi connectivity index (χ3v) is 4.87. The topological polar surface area (TPSA) is 77.8 Å². The second-order valence-electron chi connectivity index (χ2n) is 7.43. The molecule has 1 aliphatic rings.